The van der Waals surface area contributed by atoms with Crippen LogP contribution in [0, 0.1) is 0 Å². The van der Waals surface area contributed by atoms with Crippen molar-refractivity contribution in [2.75, 3.05) is 12.0 Å². The van der Waals surface area contributed by atoms with E-state index in [9.17, 15) is 9.59 Å². The highest BCUT2D eigenvalue weighted by molar-refractivity contribution is 6.31. The number of anilines is 1. The van der Waals surface area contributed by atoms with Crippen LogP contribution in [0.25, 0.3) is 0 Å². The molecule has 0 aliphatic carbocycles. The molecule has 1 fully saturated rings. The Balaban J connectivity index is 2.29. The van der Waals surface area contributed by atoms with Crippen molar-refractivity contribution in [2.24, 2.45) is 0 Å². The van der Waals surface area contributed by atoms with E-state index >= 15 is 0 Å². The minimum Gasteiger partial charge on any atom is -0.369 e. The van der Waals surface area contributed by atoms with Gasteiger partial charge in [0.1, 0.15) is 12.3 Å². The lowest BCUT2D eigenvalue weighted by Gasteiger charge is -2.42. The van der Waals surface area contributed by atoms with Gasteiger partial charge in [0.25, 0.3) is 5.91 Å². The third kappa shape index (κ3) is 1.60. The maximum absolute atomic E-state index is 11.7. The molecule has 1 amide bonds. The molecular weight excluding hydrogens is 230 g/mol. The summed E-state index contributed by atoms with van der Waals surface area (Å²) in [5.74, 6) is -0.220. The van der Waals surface area contributed by atoms with E-state index in [1.54, 1.807) is 24.3 Å². The van der Waals surface area contributed by atoms with Crippen molar-refractivity contribution in [2.45, 2.75) is 12.1 Å². The molecule has 4 nitrogen and oxygen atoms in total. The number of ether oxygens (including phenoxy) is 1. The van der Waals surface area contributed by atoms with Crippen LogP contribution in [0.2, 0.25) is 5.02 Å². The first-order valence-corrected chi connectivity index (χ1v) is 5.13. The molecule has 1 aromatic rings. The number of hydrogen-bond donors (Lipinski definition) is 0. The number of carbonyl (C=O) groups is 2. The maximum Gasteiger partial charge on any atom is 0.259 e. The number of nitrogens with zero attached hydrogens (tertiary/aromatic N) is 1. The number of rotatable bonds is 3. The fourth-order valence-corrected chi connectivity index (χ4v) is 1.97. The van der Waals surface area contributed by atoms with Crippen LogP contribution in [-0.2, 0) is 14.3 Å². The summed E-state index contributed by atoms with van der Waals surface area (Å²) in [5.41, 5.74) is 0.614. The summed E-state index contributed by atoms with van der Waals surface area (Å²) in [6.07, 6.45) is 0.0349. The van der Waals surface area contributed by atoms with Gasteiger partial charge in [-0.3, -0.25) is 9.69 Å². The molecule has 1 heterocycles. The Morgan fingerprint density at radius 2 is 2.25 bits per heavy atom. The third-order valence-corrected chi connectivity index (χ3v) is 2.80. The number of benzene rings is 1. The van der Waals surface area contributed by atoms with Crippen LogP contribution in [0.5, 0.6) is 0 Å². The fourth-order valence-electron chi connectivity index (χ4n) is 1.78. The zero-order valence-corrected chi connectivity index (χ0v) is 9.35. The van der Waals surface area contributed by atoms with Gasteiger partial charge < -0.3 is 9.53 Å². The van der Waals surface area contributed by atoms with Crippen LogP contribution < -0.4 is 4.90 Å². The quantitative estimate of drug-likeness (QED) is 0.590. The number of carbonyl (C=O) groups excluding carboxylic acids is 2. The van der Waals surface area contributed by atoms with Crippen LogP contribution in [0.4, 0.5) is 5.69 Å². The minimum absolute atomic E-state index is 0.220. The third-order valence-electron chi connectivity index (χ3n) is 2.57. The van der Waals surface area contributed by atoms with Crippen LogP contribution in [0.3, 0.4) is 0 Å². The van der Waals surface area contributed by atoms with Crippen molar-refractivity contribution < 1.29 is 14.3 Å². The molecule has 84 valence electrons. The average molecular weight is 240 g/mol. The van der Waals surface area contributed by atoms with Crippen molar-refractivity contribution in [1.82, 2.24) is 0 Å². The summed E-state index contributed by atoms with van der Waals surface area (Å²) >= 11 is 5.82. The highest BCUT2D eigenvalue weighted by atomic mass is 35.5. The molecule has 2 rings (SSSR count). The van der Waals surface area contributed by atoms with Crippen LogP contribution >= 0.6 is 11.6 Å². The zero-order valence-electron chi connectivity index (χ0n) is 8.59. The van der Waals surface area contributed by atoms with Gasteiger partial charge in [-0.1, -0.05) is 17.7 Å². The smallest absolute Gasteiger partial charge is 0.259 e. The molecule has 1 saturated heterocycles. The molecule has 0 radical (unpaired) electrons. The molecule has 1 aliphatic heterocycles. The summed E-state index contributed by atoms with van der Waals surface area (Å²) in [6.45, 7) is 0. The second-order valence-corrected chi connectivity index (χ2v) is 3.91. The van der Waals surface area contributed by atoms with Gasteiger partial charge in [-0.15, -0.1) is 0 Å². The van der Waals surface area contributed by atoms with Gasteiger partial charge in [-0.05, 0) is 18.2 Å². The summed E-state index contributed by atoms with van der Waals surface area (Å²) in [6, 6.07) is 6.25. The summed E-state index contributed by atoms with van der Waals surface area (Å²) in [4.78, 5) is 23.9. The molecule has 0 unspecified atom stereocenters. The molecule has 0 bridgehead atoms. The summed E-state index contributed by atoms with van der Waals surface area (Å²) < 4.78 is 4.93. The number of β-lactam (4-membered cyclic amide) rings is 1. The number of amides is 1. The first-order valence-electron chi connectivity index (χ1n) is 4.75. The minimum atomic E-state index is -0.670. The Morgan fingerprint density at radius 1 is 1.50 bits per heavy atom. The maximum atomic E-state index is 11.7. The number of halogens is 1. The SMILES string of the molecule is CO[C@H]1C(=O)N(c2cccc(Cl)c2)[C@@H]1C=O. The summed E-state index contributed by atoms with van der Waals surface area (Å²) in [5, 5.41) is 0.524. The van der Waals surface area contributed by atoms with E-state index in [1.807, 2.05) is 0 Å². The molecule has 0 saturated carbocycles. The van der Waals surface area contributed by atoms with E-state index in [4.69, 9.17) is 16.3 Å². The highest BCUT2D eigenvalue weighted by Gasteiger charge is 2.48. The molecule has 2 atom stereocenters. The van der Waals surface area contributed by atoms with Crippen molar-refractivity contribution in [3.8, 4) is 0 Å². The molecule has 1 aliphatic rings. The molecule has 0 aromatic heterocycles. The highest BCUT2D eigenvalue weighted by Crippen LogP contribution is 2.30. The lowest BCUT2D eigenvalue weighted by Crippen LogP contribution is -2.66. The Morgan fingerprint density at radius 3 is 2.81 bits per heavy atom. The molecule has 1 aromatic carbocycles. The van der Waals surface area contributed by atoms with E-state index in [-0.39, 0.29) is 5.91 Å². The van der Waals surface area contributed by atoms with E-state index in [0.29, 0.717) is 17.0 Å². The molecule has 16 heavy (non-hydrogen) atoms. The first-order chi connectivity index (χ1) is 7.69. The van der Waals surface area contributed by atoms with E-state index < -0.39 is 12.1 Å². The number of methoxy groups -OCH3 is 1. The number of aldehydes is 1. The second kappa shape index (κ2) is 4.23. The van der Waals surface area contributed by atoms with Gasteiger partial charge in [0.05, 0.1) is 0 Å². The van der Waals surface area contributed by atoms with E-state index in [2.05, 4.69) is 0 Å². The molecule has 0 spiro atoms. The van der Waals surface area contributed by atoms with Gasteiger partial charge in [-0.25, -0.2) is 0 Å². The predicted molar refractivity (Wildman–Crippen MR) is 59.6 cm³/mol. The Bertz CT molecular complexity index is 435. The Kier molecular flexibility index (Phi) is 2.94. The standard InChI is InChI=1S/C11H10ClNO3/c1-16-10-9(6-14)13(11(10)15)8-4-2-3-7(12)5-8/h2-6,9-10H,1H3/t9-,10-/m1/s1. The van der Waals surface area contributed by atoms with Crippen LogP contribution in [0.15, 0.2) is 24.3 Å². The molecular formula is C11H10ClNO3. The lowest BCUT2D eigenvalue weighted by atomic mass is 9.98. The fraction of sp³-hybridized carbons (Fsp3) is 0.273. The first kappa shape index (κ1) is 11.1. The predicted octanol–water partition coefficient (Wildman–Crippen LogP) is 1.27. The van der Waals surface area contributed by atoms with Crippen LogP contribution in [-0.4, -0.2) is 31.4 Å². The van der Waals surface area contributed by atoms with Crippen molar-refractivity contribution in [3.63, 3.8) is 0 Å². The summed E-state index contributed by atoms with van der Waals surface area (Å²) in [7, 11) is 1.41. The van der Waals surface area contributed by atoms with Gasteiger partial charge in [-0.2, -0.15) is 0 Å². The van der Waals surface area contributed by atoms with Gasteiger partial charge in [0.15, 0.2) is 6.10 Å². The van der Waals surface area contributed by atoms with Crippen molar-refractivity contribution in [1.29, 1.82) is 0 Å². The van der Waals surface area contributed by atoms with Gasteiger partial charge >= 0.3 is 0 Å². The van der Waals surface area contributed by atoms with Crippen molar-refractivity contribution in [3.05, 3.63) is 29.3 Å². The van der Waals surface area contributed by atoms with Gasteiger partial charge in [0, 0.05) is 17.8 Å². The second-order valence-electron chi connectivity index (χ2n) is 3.47. The number of hydrogen-bond acceptors (Lipinski definition) is 3. The zero-order chi connectivity index (χ0) is 11.7. The molecule has 0 N–H and O–H groups in total. The van der Waals surface area contributed by atoms with Crippen molar-refractivity contribution >= 4 is 29.5 Å². The monoisotopic (exact) mass is 239 g/mol. The largest absolute Gasteiger partial charge is 0.369 e. The lowest BCUT2D eigenvalue weighted by molar-refractivity contribution is -0.142. The normalized spacial score (nSPS) is 24.1. The Labute approximate surface area is 97.7 Å². The van der Waals surface area contributed by atoms with E-state index in [0.717, 1.165) is 0 Å². The average Bonchev–Trinajstić information content (AvgIpc) is 2.26. The van der Waals surface area contributed by atoms with Gasteiger partial charge in [0.2, 0.25) is 0 Å². The topological polar surface area (TPSA) is 46.6 Å². The Hall–Kier alpha value is -1.39. The van der Waals surface area contributed by atoms with E-state index in [1.165, 1.54) is 12.0 Å². The van der Waals surface area contributed by atoms with Crippen LogP contribution in [0.1, 0.15) is 0 Å². The molecule has 5 heteroatoms.